The number of rotatable bonds is 1. The zero-order chi connectivity index (χ0) is 9.40. The third-order valence-corrected chi connectivity index (χ3v) is 0.918. The predicted molar refractivity (Wildman–Crippen MR) is 43.7 cm³/mol. The molecule has 1 aromatic rings. The van der Waals surface area contributed by atoms with Crippen LogP contribution in [0, 0.1) is 0 Å². The molecule has 1 N–H and O–H groups in total. The molecule has 0 bridgehead atoms. The predicted octanol–water partition coefficient (Wildman–Crippen LogP) is -1.98. The Bertz CT molecular complexity index is 246. The molecule has 64 valence electrons. The van der Waals surface area contributed by atoms with Crippen LogP contribution in [0.2, 0.25) is 0 Å². The second kappa shape index (κ2) is 9.32. The third-order valence-electron chi connectivity index (χ3n) is 0.918. The molecule has 0 unspecified atom stereocenters. The molecule has 0 aliphatic rings. The van der Waals surface area contributed by atoms with Gasteiger partial charge in [0.25, 0.3) is 0 Å². The summed E-state index contributed by atoms with van der Waals surface area (Å²) in [7, 11) is 0. The summed E-state index contributed by atoms with van der Waals surface area (Å²) in [4.78, 5) is 9.25. The van der Waals surface area contributed by atoms with Crippen molar-refractivity contribution in [1.29, 1.82) is 0 Å². The van der Waals surface area contributed by atoms with E-state index in [-0.39, 0.29) is 35.3 Å². The quantitative estimate of drug-likeness (QED) is 0.410. The van der Waals surface area contributed by atoms with E-state index in [2.05, 4.69) is 6.58 Å². The van der Waals surface area contributed by atoms with Crippen LogP contribution in [0.1, 0.15) is 0 Å². The maximum absolute atomic E-state index is 10.3. The number of carboxylic acids is 1. The number of para-hydroxylation sites is 1. The van der Waals surface area contributed by atoms with Gasteiger partial charge in [0.05, 0.1) is 0 Å². The Labute approximate surface area is 99.0 Å². The Morgan fingerprint density at radius 1 is 1.38 bits per heavy atom. The monoisotopic (exact) mass is 188 g/mol. The van der Waals surface area contributed by atoms with Gasteiger partial charge < -0.3 is 10.2 Å². The van der Waals surface area contributed by atoms with Crippen molar-refractivity contribution < 1.29 is 44.6 Å². The van der Waals surface area contributed by atoms with E-state index in [1.807, 2.05) is 6.07 Å². The molecule has 0 radical (unpaired) electrons. The molecule has 0 aliphatic heterocycles. The molecule has 1 rings (SSSR count). The first-order valence-electron chi connectivity index (χ1n) is 3.24. The molecule has 4 heteroatoms. The largest absolute Gasteiger partial charge is 1.00 e. The molecule has 0 saturated carbocycles. The average molecular weight is 188 g/mol. The van der Waals surface area contributed by atoms with Crippen molar-refractivity contribution in [3.8, 4) is 5.75 Å². The summed E-state index contributed by atoms with van der Waals surface area (Å²) in [6.45, 7) is 2.96. The van der Waals surface area contributed by atoms with Crippen molar-refractivity contribution >= 4 is 5.97 Å². The first-order valence-corrected chi connectivity index (χ1v) is 3.24. The molecule has 1 aromatic carbocycles. The van der Waals surface area contributed by atoms with Gasteiger partial charge in [-0.25, -0.2) is 4.79 Å². The zero-order valence-electron chi connectivity index (χ0n) is 7.43. The van der Waals surface area contributed by atoms with Gasteiger partial charge in [0.15, 0.2) is 0 Å². The summed E-state index contributed by atoms with van der Waals surface area (Å²) >= 11 is 0. The number of hydrogen-bond donors (Lipinski definition) is 1. The van der Waals surface area contributed by atoms with Crippen molar-refractivity contribution in [2.75, 3.05) is 0 Å². The minimum atomic E-state index is -0.981. The Kier molecular flexibility index (Phi) is 10.6. The number of carboxylic acid groups (broad SMARTS) is 1. The maximum Gasteiger partial charge on any atom is 1.00 e. The maximum atomic E-state index is 10.3. The van der Waals surface area contributed by atoms with Gasteiger partial charge in [0.2, 0.25) is 0 Å². The molecule has 0 aliphatic carbocycles. The normalized spacial score (nSPS) is 7.08. The first kappa shape index (κ1) is 14.7. The van der Waals surface area contributed by atoms with Gasteiger partial charge in [0.1, 0.15) is 0 Å². The molecular weight excluding hydrogens is 179 g/mol. The van der Waals surface area contributed by atoms with Gasteiger partial charge in [-0.2, -0.15) is 0 Å². The van der Waals surface area contributed by atoms with Crippen LogP contribution in [-0.2, 0) is 4.79 Å². The SMILES string of the molecule is C=CC(=O)O.[Na+].[O-]c1ccccc1. The summed E-state index contributed by atoms with van der Waals surface area (Å²) in [6.07, 6.45) is 0.833. The third kappa shape index (κ3) is 11.2. The fraction of sp³-hybridized carbons (Fsp3) is 0. The molecule has 0 amide bonds. The standard InChI is InChI=1S/C6H6O.C3H4O2.Na/c7-6-4-2-1-3-5-6;1-2-3(4)5;/h1-5,7H;2H,1H2,(H,4,5);/q;;+1/p-1. The van der Waals surface area contributed by atoms with Crippen LogP contribution >= 0.6 is 0 Å². The van der Waals surface area contributed by atoms with Crippen LogP contribution in [0.4, 0.5) is 0 Å². The molecule has 0 aromatic heterocycles. The van der Waals surface area contributed by atoms with Crippen molar-refractivity contribution in [3.05, 3.63) is 43.0 Å². The van der Waals surface area contributed by atoms with E-state index >= 15 is 0 Å². The van der Waals surface area contributed by atoms with Gasteiger partial charge in [-0.1, -0.05) is 36.9 Å². The average Bonchev–Trinajstić information content (AvgIpc) is 2.07. The summed E-state index contributed by atoms with van der Waals surface area (Å²) in [6, 6.07) is 8.33. The second-order valence-corrected chi connectivity index (χ2v) is 1.86. The van der Waals surface area contributed by atoms with Gasteiger partial charge in [-0.3, -0.25) is 0 Å². The number of benzene rings is 1. The van der Waals surface area contributed by atoms with Gasteiger partial charge in [0, 0.05) is 6.08 Å². The minimum absolute atomic E-state index is 0. The molecule has 0 spiro atoms. The minimum Gasteiger partial charge on any atom is -0.872 e. The fourth-order valence-electron chi connectivity index (χ4n) is 0.420. The molecule has 3 nitrogen and oxygen atoms in total. The van der Waals surface area contributed by atoms with Crippen molar-refractivity contribution in [2.24, 2.45) is 0 Å². The van der Waals surface area contributed by atoms with Crippen LogP contribution in [0.25, 0.3) is 0 Å². The topological polar surface area (TPSA) is 60.4 Å². The summed E-state index contributed by atoms with van der Waals surface area (Å²) in [5.74, 6) is -0.910. The Morgan fingerprint density at radius 3 is 1.92 bits per heavy atom. The summed E-state index contributed by atoms with van der Waals surface area (Å²) in [5, 5.41) is 17.9. The second-order valence-electron chi connectivity index (χ2n) is 1.86. The smallest absolute Gasteiger partial charge is 0.872 e. The van der Waals surface area contributed by atoms with E-state index in [0.717, 1.165) is 6.08 Å². The molecule has 0 fully saturated rings. The van der Waals surface area contributed by atoms with Crippen LogP contribution < -0.4 is 34.7 Å². The van der Waals surface area contributed by atoms with E-state index in [4.69, 9.17) is 5.11 Å². The van der Waals surface area contributed by atoms with Crippen LogP contribution in [-0.4, -0.2) is 11.1 Å². The van der Waals surface area contributed by atoms with Crippen molar-refractivity contribution in [2.45, 2.75) is 0 Å². The summed E-state index contributed by atoms with van der Waals surface area (Å²) in [5.41, 5.74) is 0. The Balaban J connectivity index is 0. The van der Waals surface area contributed by atoms with Gasteiger partial charge in [-0.05, 0) is 0 Å². The van der Waals surface area contributed by atoms with Gasteiger partial charge >= 0.3 is 35.5 Å². The zero-order valence-corrected chi connectivity index (χ0v) is 9.43. The van der Waals surface area contributed by atoms with Crippen LogP contribution in [0.3, 0.4) is 0 Å². The van der Waals surface area contributed by atoms with Gasteiger partial charge in [-0.15, -0.1) is 5.75 Å². The van der Waals surface area contributed by atoms with E-state index in [1.165, 1.54) is 12.1 Å². The first-order chi connectivity index (χ1) is 5.66. The Morgan fingerprint density at radius 2 is 1.77 bits per heavy atom. The van der Waals surface area contributed by atoms with E-state index in [1.54, 1.807) is 12.1 Å². The summed E-state index contributed by atoms with van der Waals surface area (Å²) < 4.78 is 0. The molecule has 13 heavy (non-hydrogen) atoms. The molecular formula is C9H9NaO3. The van der Waals surface area contributed by atoms with Crippen LogP contribution in [0.5, 0.6) is 5.75 Å². The molecule has 0 heterocycles. The molecule has 0 saturated heterocycles. The van der Waals surface area contributed by atoms with E-state index < -0.39 is 5.97 Å². The number of aliphatic carboxylic acids is 1. The van der Waals surface area contributed by atoms with Crippen molar-refractivity contribution in [3.63, 3.8) is 0 Å². The Hall–Kier alpha value is -0.770. The van der Waals surface area contributed by atoms with Crippen LogP contribution in [0.15, 0.2) is 43.0 Å². The van der Waals surface area contributed by atoms with Crippen molar-refractivity contribution in [1.82, 2.24) is 0 Å². The fourth-order valence-corrected chi connectivity index (χ4v) is 0.420. The molecule has 0 atom stereocenters. The van der Waals surface area contributed by atoms with E-state index in [9.17, 15) is 9.90 Å². The van der Waals surface area contributed by atoms with E-state index in [0.29, 0.717) is 0 Å². The number of carbonyl (C=O) groups is 1. The number of hydrogen-bond acceptors (Lipinski definition) is 2.